The summed E-state index contributed by atoms with van der Waals surface area (Å²) in [5, 5.41) is 1.56. The van der Waals surface area contributed by atoms with Crippen LogP contribution < -0.4 is 9.64 Å². The standard InChI is InChI=1S/C25H21N5OS/c32-25(30-14-12-29(13-15-30)17-6-2-1-3-7-17)31-18-10-11-21-22(16-18)26-23-19-8-4-5-9-20(19)27-24(23)28-21/h1-11,16H,12-15H2,(H,27,28). The highest BCUT2D eigenvalue weighted by molar-refractivity contribution is 7.80. The third-order valence-corrected chi connectivity index (χ3v) is 6.28. The average Bonchev–Trinajstić information content (AvgIpc) is 3.20. The number of aromatic amines is 1. The van der Waals surface area contributed by atoms with Gasteiger partial charge in [-0.3, -0.25) is 0 Å². The highest BCUT2D eigenvalue weighted by Crippen LogP contribution is 2.26. The zero-order valence-corrected chi connectivity index (χ0v) is 18.2. The van der Waals surface area contributed by atoms with E-state index < -0.39 is 0 Å². The monoisotopic (exact) mass is 439 g/mol. The number of benzene rings is 3. The van der Waals surface area contributed by atoms with Gasteiger partial charge < -0.3 is 19.5 Å². The quantitative estimate of drug-likeness (QED) is 0.401. The Labute approximate surface area is 190 Å². The molecule has 6 rings (SSSR count). The van der Waals surface area contributed by atoms with E-state index in [0.717, 1.165) is 59.3 Å². The van der Waals surface area contributed by atoms with E-state index in [1.807, 2.05) is 42.5 Å². The van der Waals surface area contributed by atoms with Crippen LogP contribution in [0.15, 0.2) is 72.8 Å². The predicted octanol–water partition coefficient (Wildman–Crippen LogP) is 4.75. The summed E-state index contributed by atoms with van der Waals surface area (Å²) in [6.07, 6.45) is 0. The molecule has 1 aliphatic rings. The van der Waals surface area contributed by atoms with Gasteiger partial charge in [0.1, 0.15) is 11.3 Å². The van der Waals surface area contributed by atoms with Crippen molar-refractivity contribution < 1.29 is 4.74 Å². The molecule has 3 heterocycles. The fraction of sp³-hybridized carbons (Fsp3) is 0.160. The lowest BCUT2D eigenvalue weighted by Gasteiger charge is -2.36. The SMILES string of the molecule is S=C(Oc1ccc2nc3[nH]c4ccccc4c3nc2c1)N1CCN(c2ccccc2)CC1. The van der Waals surface area contributed by atoms with Crippen molar-refractivity contribution in [3.8, 4) is 5.75 Å². The Balaban J connectivity index is 1.20. The summed E-state index contributed by atoms with van der Waals surface area (Å²) in [5.41, 5.74) is 5.54. The summed E-state index contributed by atoms with van der Waals surface area (Å²) in [7, 11) is 0. The van der Waals surface area contributed by atoms with Crippen LogP contribution in [0.2, 0.25) is 0 Å². The number of para-hydroxylation sites is 2. The minimum absolute atomic E-state index is 0.498. The van der Waals surface area contributed by atoms with Crippen LogP contribution >= 0.6 is 12.2 Å². The van der Waals surface area contributed by atoms with E-state index >= 15 is 0 Å². The van der Waals surface area contributed by atoms with E-state index in [-0.39, 0.29) is 0 Å². The number of aromatic nitrogens is 3. The van der Waals surface area contributed by atoms with E-state index in [2.05, 4.69) is 45.1 Å². The first-order valence-corrected chi connectivity index (χ1v) is 11.1. The van der Waals surface area contributed by atoms with Gasteiger partial charge in [-0.2, -0.15) is 0 Å². The largest absolute Gasteiger partial charge is 0.432 e. The summed E-state index contributed by atoms with van der Waals surface area (Å²) in [6.45, 7) is 3.48. The summed E-state index contributed by atoms with van der Waals surface area (Å²) < 4.78 is 6.05. The van der Waals surface area contributed by atoms with Gasteiger partial charge in [-0.05, 0) is 42.5 Å². The van der Waals surface area contributed by atoms with Gasteiger partial charge in [0.2, 0.25) is 0 Å². The third kappa shape index (κ3) is 3.40. The summed E-state index contributed by atoms with van der Waals surface area (Å²) >= 11 is 5.60. The van der Waals surface area contributed by atoms with Crippen LogP contribution in [0.3, 0.4) is 0 Å². The Morgan fingerprint density at radius 2 is 1.62 bits per heavy atom. The lowest BCUT2D eigenvalue weighted by molar-refractivity contribution is 0.332. The number of hydrogen-bond acceptors (Lipinski definition) is 5. The fourth-order valence-electron chi connectivity index (χ4n) is 4.25. The second-order valence-electron chi connectivity index (χ2n) is 7.92. The van der Waals surface area contributed by atoms with E-state index in [0.29, 0.717) is 10.9 Å². The Kier molecular flexibility index (Phi) is 4.61. The minimum Gasteiger partial charge on any atom is -0.432 e. The molecule has 0 radical (unpaired) electrons. The topological polar surface area (TPSA) is 57.3 Å². The number of H-pyrrole nitrogens is 1. The number of hydrogen-bond donors (Lipinski definition) is 1. The molecule has 6 nitrogen and oxygen atoms in total. The third-order valence-electron chi connectivity index (χ3n) is 5.94. The lowest BCUT2D eigenvalue weighted by atomic mass is 10.2. The molecule has 158 valence electrons. The van der Waals surface area contributed by atoms with Gasteiger partial charge in [0.25, 0.3) is 5.17 Å². The molecule has 32 heavy (non-hydrogen) atoms. The van der Waals surface area contributed by atoms with Crippen molar-refractivity contribution in [1.82, 2.24) is 19.9 Å². The summed E-state index contributed by atoms with van der Waals surface area (Å²) in [4.78, 5) is 17.4. The van der Waals surface area contributed by atoms with Crippen LogP contribution in [0.4, 0.5) is 5.69 Å². The molecular weight excluding hydrogens is 418 g/mol. The normalized spacial score (nSPS) is 14.4. The first kappa shape index (κ1) is 19.0. The van der Waals surface area contributed by atoms with Crippen molar-refractivity contribution in [2.45, 2.75) is 0 Å². The Morgan fingerprint density at radius 3 is 2.47 bits per heavy atom. The molecule has 1 aliphatic heterocycles. The number of nitrogens with one attached hydrogen (secondary N) is 1. The number of thiocarbonyl (C=S) groups is 1. The highest BCUT2D eigenvalue weighted by atomic mass is 32.1. The molecule has 3 aromatic carbocycles. The van der Waals surface area contributed by atoms with Gasteiger partial charge in [-0.1, -0.05) is 36.4 Å². The van der Waals surface area contributed by atoms with E-state index in [1.165, 1.54) is 5.69 Å². The predicted molar refractivity (Wildman–Crippen MR) is 132 cm³/mol. The fourth-order valence-corrected chi connectivity index (χ4v) is 4.53. The van der Waals surface area contributed by atoms with Crippen LogP contribution in [0.1, 0.15) is 0 Å². The molecule has 7 heteroatoms. The second-order valence-corrected chi connectivity index (χ2v) is 8.27. The average molecular weight is 440 g/mol. The van der Waals surface area contributed by atoms with Crippen molar-refractivity contribution in [3.05, 3.63) is 72.8 Å². The Hall–Kier alpha value is -3.71. The zero-order valence-electron chi connectivity index (χ0n) is 17.4. The van der Waals surface area contributed by atoms with Crippen LogP contribution in [0.5, 0.6) is 5.75 Å². The smallest absolute Gasteiger partial charge is 0.264 e. The Morgan fingerprint density at radius 1 is 0.844 bits per heavy atom. The molecule has 0 bridgehead atoms. The van der Waals surface area contributed by atoms with Crippen molar-refractivity contribution in [2.24, 2.45) is 0 Å². The molecule has 5 aromatic rings. The number of nitrogens with zero attached hydrogens (tertiary/aromatic N) is 4. The van der Waals surface area contributed by atoms with Crippen LogP contribution in [0.25, 0.3) is 33.1 Å². The number of ether oxygens (including phenoxy) is 1. The molecule has 2 aromatic heterocycles. The molecule has 1 N–H and O–H groups in total. The molecular formula is C25H21N5OS. The molecule has 0 saturated carbocycles. The number of rotatable bonds is 2. The van der Waals surface area contributed by atoms with Crippen LogP contribution in [-0.2, 0) is 0 Å². The van der Waals surface area contributed by atoms with E-state index in [1.54, 1.807) is 0 Å². The first-order valence-electron chi connectivity index (χ1n) is 10.7. The lowest BCUT2D eigenvalue weighted by Crippen LogP contribution is -2.49. The van der Waals surface area contributed by atoms with Crippen molar-refractivity contribution in [1.29, 1.82) is 0 Å². The molecule has 0 spiro atoms. The van der Waals surface area contributed by atoms with Gasteiger partial charge in [0.05, 0.1) is 11.0 Å². The van der Waals surface area contributed by atoms with Crippen molar-refractivity contribution in [3.63, 3.8) is 0 Å². The van der Waals surface area contributed by atoms with Gasteiger partial charge in [-0.25, -0.2) is 9.97 Å². The minimum atomic E-state index is 0.498. The van der Waals surface area contributed by atoms with Gasteiger partial charge in [0, 0.05) is 48.8 Å². The van der Waals surface area contributed by atoms with Crippen molar-refractivity contribution in [2.75, 3.05) is 31.1 Å². The van der Waals surface area contributed by atoms with E-state index in [9.17, 15) is 0 Å². The summed E-state index contributed by atoms with van der Waals surface area (Å²) in [5.74, 6) is 0.682. The molecule has 0 amide bonds. The van der Waals surface area contributed by atoms with Crippen LogP contribution in [0, 0.1) is 0 Å². The highest BCUT2D eigenvalue weighted by Gasteiger charge is 2.20. The first-order chi connectivity index (χ1) is 15.7. The molecule has 1 fully saturated rings. The second kappa shape index (κ2) is 7.76. The Bertz CT molecular complexity index is 1440. The van der Waals surface area contributed by atoms with Gasteiger partial charge in [0.15, 0.2) is 5.65 Å². The zero-order chi connectivity index (χ0) is 21.5. The maximum Gasteiger partial charge on any atom is 0.264 e. The number of anilines is 1. The van der Waals surface area contributed by atoms with Gasteiger partial charge >= 0.3 is 0 Å². The number of piperazine rings is 1. The summed E-state index contributed by atoms with van der Waals surface area (Å²) in [6, 6.07) is 24.3. The maximum absolute atomic E-state index is 6.05. The van der Waals surface area contributed by atoms with E-state index in [4.69, 9.17) is 26.9 Å². The molecule has 0 unspecified atom stereocenters. The molecule has 0 atom stereocenters. The van der Waals surface area contributed by atoms with Crippen LogP contribution in [-0.4, -0.2) is 51.2 Å². The van der Waals surface area contributed by atoms with Gasteiger partial charge in [-0.15, -0.1) is 0 Å². The van der Waals surface area contributed by atoms with Crippen molar-refractivity contribution >= 4 is 56.2 Å². The number of fused-ring (bicyclic) bond motifs is 4. The maximum atomic E-state index is 6.05. The molecule has 0 aliphatic carbocycles. The molecule has 1 saturated heterocycles.